The topological polar surface area (TPSA) is 86.1 Å². The number of ether oxygens (including phenoxy) is 3. The van der Waals surface area contributed by atoms with Gasteiger partial charge in [0.1, 0.15) is 11.3 Å². The van der Waals surface area contributed by atoms with Crippen LogP contribution in [0.25, 0.3) is 11.1 Å². The Balaban J connectivity index is 1.32. The molecule has 1 saturated heterocycles. The van der Waals surface area contributed by atoms with E-state index in [1.807, 2.05) is 30.3 Å². The van der Waals surface area contributed by atoms with E-state index in [9.17, 15) is 4.79 Å². The van der Waals surface area contributed by atoms with Crippen molar-refractivity contribution in [1.82, 2.24) is 15.2 Å². The SMILES string of the molecule is COc1ccc2oc(CN3CC(c4ccc(OC)c(OC5CCCC5)c4)CNC3=O)nc2c1. The molecule has 2 heterocycles. The maximum atomic E-state index is 12.6. The van der Waals surface area contributed by atoms with Gasteiger partial charge in [0.25, 0.3) is 0 Å². The number of amides is 2. The van der Waals surface area contributed by atoms with Crippen molar-refractivity contribution in [3.63, 3.8) is 0 Å². The van der Waals surface area contributed by atoms with Crippen LogP contribution in [0.3, 0.4) is 0 Å². The highest BCUT2D eigenvalue weighted by molar-refractivity contribution is 5.76. The smallest absolute Gasteiger partial charge is 0.317 e. The summed E-state index contributed by atoms with van der Waals surface area (Å²) in [6.45, 7) is 1.42. The molecule has 3 aromatic rings. The third-order valence-corrected chi connectivity index (χ3v) is 6.45. The van der Waals surface area contributed by atoms with Crippen molar-refractivity contribution in [2.24, 2.45) is 0 Å². The molecule has 5 rings (SSSR count). The zero-order valence-corrected chi connectivity index (χ0v) is 19.0. The van der Waals surface area contributed by atoms with Crippen molar-refractivity contribution < 1.29 is 23.4 Å². The molecule has 0 radical (unpaired) electrons. The number of carbonyl (C=O) groups is 1. The molecule has 2 fully saturated rings. The molecule has 2 aliphatic rings. The number of nitrogens with zero attached hydrogens (tertiary/aromatic N) is 2. The van der Waals surface area contributed by atoms with E-state index in [4.69, 9.17) is 18.6 Å². The zero-order chi connectivity index (χ0) is 22.8. The molecule has 1 saturated carbocycles. The van der Waals surface area contributed by atoms with Crippen molar-refractivity contribution in [1.29, 1.82) is 0 Å². The summed E-state index contributed by atoms with van der Waals surface area (Å²) in [5, 5.41) is 3.00. The van der Waals surface area contributed by atoms with Gasteiger partial charge in [0.2, 0.25) is 5.89 Å². The number of oxazole rings is 1. The van der Waals surface area contributed by atoms with Gasteiger partial charge in [0.05, 0.1) is 26.9 Å². The van der Waals surface area contributed by atoms with E-state index in [0.717, 1.165) is 29.9 Å². The minimum Gasteiger partial charge on any atom is -0.497 e. The maximum absolute atomic E-state index is 12.6. The molecular weight excluding hydrogens is 422 g/mol. The van der Waals surface area contributed by atoms with Crippen LogP contribution in [0.5, 0.6) is 17.2 Å². The predicted molar refractivity (Wildman–Crippen MR) is 123 cm³/mol. The number of benzene rings is 2. The summed E-state index contributed by atoms with van der Waals surface area (Å²) in [5.41, 5.74) is 2.49. The van der Waals surface area contributed by atoms with Crippen LogP contribution < -0.4 is 19.5 Å². The van der Waals surface area contributed by atoms with Gasteiger partial charge in [-0.1, -0.05) is 6.07 Å². The summed E-state index contributed by atoms with van der Waals surface area (Å²) >= 11 is 0. The fourth-order valence-electron chi connectivity index (χ4n) is 4.63. The molecule has 1 atom stereocenters. The van der Waals surface area contributed by atoms with Crippen LogP contribution in [0.15, 0.2) is 40.8 Å². The molecule has 1 aromatic heterocycles. The summed E-state index contributed by atoms with van der Waals surface area (Å²) in [7, 11) is 3.28. The first-order valence-corrected chi connectivity index (χ1v) is 11.4. The highest BCUT2D eigenvalue weighted by Crippen LogP contribution is 2.35. The summed E-state index contributed by atoms with van der Waals surface area (Å²) in [6.07, 6.45) is 4.82. The first kappa shape index (κ1) is 21.4. The Kier molecular flexibility index (Phi) is 5.98. The molecule has 2 amide bonds. The van der Waals surface area contributed by atoms with Gasteiger partial charge < -0.3 is 28.8 Å². The normalized spacial score (nSPS) is 19.0. The van der Waals surface area contributed by atoms with Gasteiger partial charge in [-0.25, -0.2) is 9.78 Å². The van der Waals surface area contributed by atoms with Crippen molar-refractivity contribution >= 4 is 17.1 Å². The Hall–Kier alpha value is -3.42. The highest BCUT2D eigenvalue weighted by atomic mass is 16.5. The Bertz CT molecular complexity index is 1140. The standard InChI is InChI=1S/C25H29N3O5/c1-30-19-8-10-21-20(12-19)27-24(33-21)15-28-14-17(13-26-25(28)29)16-7-9-22(31-2)23(11-16)32-18-5-3-4-6-18/h7-12,17-18H,3-6,13-15H2,1-2H3,(H,26,29). The van der Waals surface area contributed by atoms with Crippen LogP contribution in [0, 0.1) is 0 Å². The minimum absolute atomic E-state index is 0.115. The van der Waals surface area contributed by atoms with Crippen LogP contribution in [0.1, 0.15) is 43.1 Å². The molecular formula is C25H29N3O5. The number of hydrogen-bond donors (Lipinski definition) is 1. The number of urea groups is 1. The lowest BCUT2D eigenvalue weighted by molar-refractivity contribution is 0.170. The van der Waals surface area contributed by atoms with Crippen LogP contribution in [-0.4, -0.2) is 49.3 Å². The van der Waals surface area contributed by atoms with E-state index in [0.29, 0.717) is 42.4 Å². The van der Waals surface area contributed by atoms with Gasteiger partial charge in [0, 0.05) is 25.1 Å². The van der Waals surface area contributed by atoms with Crippen LogP contribution in [0.2, 0.25) is 0 Å². The third-order valence-electron chi connectivity index (χ3n) is 6.45. The molecule has 33 heavy (non-hydrogen) atoms. The molecule has 8 nitrogen and oxygen atoms in total. The first-order chi connectivity index (χ1) is 16.1. The number of aromatic nitrogens is 1. The highest BCUT2D eigenvalue weighted by Gasteiger charge is 2.29. The van der Waals surface area contributed by atoms with E-state index in [1.165, 1.54) is 12.8 Å². The largest absolute Gasteiger partial charge is 0.497 e. The monoisotopic (exact) mass is 451 g/mol. The van der Waals surface area contributed by atoms with E-state index < -0.39 is 0 Å². The first-order valence-electron chi connectivity index (χ1n) is 11.4. The number of carbonyl (C=O) groups excluding carboxylic acids is 1. The average Bonchev–Trinajstić information content (AvgIpc) is 3.49. The summed E-state index contributed by atoms with van der Waals surface area (Å²) in [6, 6.07) is 11.4. The Morgan fingerprint density at radius 1 is 1.09 bits per heavy atom. The quantitative estimate of drug-likeness (QED) is 0.570. The van der Waals surface area contributed by atoms with Gasteiger partial charge in [-0.05, 0) is 55.5 Å². The molecule has 0 bridgehead atoms. The van der Waals surface area contributed by atoms with Gasteiger partial charge in [-0.3, -0.25) is 0 Å². The van der Waals surface area contributed by atoms with Gasteiger partial charge >= 0.3 is 6.03 Å². The number of methoxy groups -OCH3 is 2. The van der Waals surface area contributed by atoms with Crippen molar-refractivity contribution in [3.05, 3.63) is 47.9 Å². The van der Waals surface area contributed by atoms with E-state index in [2.05, 4.69) is 16.4 Å². The lowest BCUT2D eigenvalue weighted by Crippen LogP contribution is -2.49. The average molecular weight is 452 g/mol. The summed E-state index contributed by atoms with van der Waals surface area (Å²) in [4.78, 5) is 18.8. The molecule has 1 aliphatic heterocycles. The van der Waals surface area contributed by atoms with Crippen molar-refractivity contribution in [3.8, 4) is 17.2 Å². The van der Waals surface area contributed by atoms with Crippen molar-refractivity contribution in [2.75, 3.05) is 27.3 Å². The van der Waals surface area contributed by atoms with E-state index in [-0.39, 0.29) is 18.1 Å². The van der Waals surface area contributed by atoms with E-state index in [1.54, 1.807) is 19.1 Å². The lowest BCUT2D eigenvalue weighted by atomic mass is 9.96. The molecule has 2 aromatic carbocycles. The molecule has 1 N–H and O–H groups in total. The molecule has 174 valence electrons. The Morgan fingerprint density at radius 2 is 1.94 bits per heavy atom. The second-order valence-corrected chi connectivity index (χ2v) is 8.64. The lowest BCUT2D eigenvalue weighted by Gasteiger charge is -2.33. The number of fused-ring (bicyclic) bond motifs is 1. The minimum atomic E-state index is -0.123. The number of rotatable bonds is 7. The van der Waals surface area contributed by atoms with Gasteiger partial charge in [0.15, 0.2) is 17.1 Å². The Labute approximate surface area is 192 Å². The summed E-state index contributed by atoms with van der Waals surface area (Å²) < 4.78 is 22.9. The van der Waals surface area contributed by atoms with Crippen LogP contribution >= 0.6 is 0 Å². The number of hydrogen-bond acceptors (Lipinski definition) is 6. The second kappa shape index (κ2) is 9.21. The summed E-state index contributed by atoms with van der Waals surface area (Å²) in [5.74, 6) is 2.84. The maximum Gasteiger partial charge on any atom is 0.317 e. The third kappa shape index (κ3) is 4.55. The molecule has 0 spiro atoms. The van der Waals surface area contributed by atoms with E-state index >= 15 is 0 Å². The molecule has 1 aliphatic carbocycles. The predicted octanol–water partition coefficient (Wildman–Crippen LogP) is 4.48. The number of nitrogens with one attached hydrogen (secondary N) is 1. The van der Waals surface area contributed by atoms with Crippen LogP contribution in [0.4, 0.5) is 4.79 Å². The molecule has 8 heteroatoms. The Morgan fingerprint density at radius 3 is 2.73 bits per heavy atom. The molecule has 1 unspecified atom stereocenters. The van der Waals surface area contributed by atoms with Gasteiger partial charge in [-0.15, -0.1) is 0 Å². The zero-order valence-electron chi connectivity index (χ0n) is 19.0. The fraction of sp³-hybridized carbons (Fsp3) is 0.440. The fourth-order valence-corrected chi connectivity index (χ4v) is 4.63. The second-order valence-electron chi connectivity index (χ2n) is 8.64. The van der Waals surface area contributed by atoms with Crippen molar-refractivity contribution in [2.45, 2.75) is 44.2 Å². The van der Waals surface area contributed by atoms with Crippen LogP contribution in [-0.2, 0) is 6.54 Å². The van der Waals surface area contributed by atoms with Gasteiger partial charge in [-0.2, -0.15) is 0 Å².